The van der Waals surface area contributed by atoms with Crippen LogP contribution >= 0.6 is 0 Å². The van der Waals surface area contributed by atoms with E-state index in [1.807, 2.05) is 24.3 Å². The van der Waals surface area contributed by atoms with Crippen LogP contribution in [0.15, 0.2) is 24.3 Å². The fourth-order valence-electron chi connectivity index (χ4n) is 2.57. The first kappa shape index (κ1) is 15.1. The molecule has 0 radical (unpaired) electrons. The number of nitrogens with two attached hydrogens (primary N) is 1. The Labute approximate surface area is 121 Å². The molecule has 20 heavy (non-hydrogen) atoms. The number of hydrogen-bond acceptors (Lipinski definition) is 4. The highest BCUT2D eigenvalue weighted by Gasteiger charge is 2.15. The topological polar surface area (TPSA) is 47.7 Å². The molecule has 4 heteroatoms. The van der Waals surface area contributed by atoms with E-state index in [2.05, 4.69) is 11.9 Å². The minimum atomic E-state index is 0.701. The predicted molar refractivity (Wildman–Crippen MR) is 82.0 cm³/mol. The quantitative estimate of drug-likeness (QED) is 0.614. The van der Waals surface area contributed by atoms with E-state index in [1.54, 1.807) is 0 Å². The van der Waals surface area contributed by atoms with Crippen molar-refractivity contribution in [3.8, 4) is 5.75 Å². The van der Waals surface area contributed by atoms with Gasteiger partial charge in [0.05, 0.1) is 13.2 Å². The molecular weight excluding hydrogens is 252 g/mol. The van der Waals surface area contributed by atoms with Gasteiger partial charge in [-0.3, -0.25) is 0 Å². The lowest BCUT2D eigenvalue weighted by atomic mass is 10.0. The minimum absolute atomic E-state index is 0.701. The van der Waals surface area contributed by atoms with Crippen molar-refractivity contribution in [1.29, 1.82) is 0 Å². The van der Waals surface area contributed by atoms with Gasteiger partial charge in [0, 0.05) is 25.4 Å². The summed E-state index contributed by atoms with van der Waals surface area (Å²) in [7, 11) is 2.18. The van der Waals surface area contributed by atoms with Crippen molar-refractivity contribution < 1.29 is 9.47 Å². The normalized spacial score (nSPS) is 19.2. The summed E-state index contributed by atoms with van der Waals surface area (Å²) in [4.78, 5) is 2.38. The van der Waals surface area contributed by atoms with Crippen LogP contribution in [0.1, 0.15) is 19.3 Å². The summed E-state index contributed by atoms with van der Waals surface area (Å²) in [5.74, 6) is 1.59. The molecule has 1 unspecified atom stereocenters. The van der Waals surface area contributed by atoms with E-state index in [4.69, 9.17) is 15.2 Å². The maximum Gasteiger partial charge on any atom is 0.119 e. The summed E-state index contributed by atoms with van der Waals surface area (Å²) < 4.78 is 11.2. The lowest BCUT2D eigenvalue weighted by Crippen LogP contribution is -2.32. The molecule has 1 aliphatic rings. The number of anilines is 1. The molecule has 1 atom stereocenters. The van der Waals surface area contributed by atoms with Crippen LogP contribution in [-0.2, 0) is 4.74 Å². The SMILES string of the molecule is CN(CCCOc1ccc(N)cc1)CC1CCCOC1. The highest BCUT2D eigenvalue weighted by atomic mass is 16.5. The molecule has 1 heterocycles. The molecule has 0 saturated carbocycles. The molecule has 0 spiro atoms. The predicted octanol–water partition coefficient (Wildman–Crippen LogP) is 2.40. The summed E-state index contributed by atoms with van der Waals surface area (Å²) in [5.41, 5.74) is 6.41. The smallest absolute Gasteiger partial charge is 0.119 e. The van der Waals surface area contributed by atoms with E-state index in [0.29, 0.717) is 5.92 Å². The van der Waals surface area contributed by atoms with Gasteiger partial charge in [0.1, 0.15) is 5.75 Å². The van der Waals surface area contributed by atoms with Gasteiger partial charge in [0.25, 0.3) is 0 Å². The second kappa shape index (κ2) is 8.12. The number of benzene rings is 1. The van der Waals surface area contributed by atoms with Crippen molar-refractivity contribution in [2.45, 2.75) is 19.3 Å². The number of hydrogen-bond donors (Lipinski definition) is 1. The molecule has 1 saturated heterocycles. The highest BCUT2D eigenvalue weighted by Crippen LogP contribution is 2.15. The molecule has 0 aromatic heterocycles. The Hall–Kier alpha value is -1.26. The summed E-state index contributed by atoms with van der Waals surface area (Å²) >= 11 is 0. The molecule has 0 amide bonds. The zero-order valence-electron chi connectivity index (χ0n) is 12.4. The molecule has 0 aliphatic carbocycles. The molecule has 2 N–H and O–H groups in total. The zero-order chi connectivity index (χ0) is 14.2. The molecule has 1 aromatic rings. The van der Waals surface area contributed by atoms with Crippen molar-refractivity contribution in [1.82, 2.24) is 4.90 Å². The number of ether oxygens (including phenoxy) is 2. The molecule has 112 valence electrons. The summed E-state index contributed by atoms with van der Waals surface area (Å²) in [6.45, 7) is 4.80. The fourth-order valence-corrected chi connectivity index (χ4v) is 2.57. The molecular formula is C16H26N2O2. The van der Waals surface area contributed by atoms with Crippen molar-refractivity contribution in [2.75, 3.05) is 45.7 Å². The Morgan fingerprint density at radius 1 is 1.35 bits per heavy atom. The molecule has 4 nitrogen and oxygen atoms in total. The Kier molecular flexibility index (Phi) is 6.15. The van der Waals surface area contributed by atoms with E-state index < -0.39 is 0 Å². The lowest BCUT2D eigenvalue weighted by Gasteiger charge is -2.27. The first-order chi connectivity index (χ1) is 9.74. The van der Waals surface area contributed by atoms with Crippen molar-refractivity contribution in [3.05, 3.63) is 24.3 Å². The second-order valence-corrected chi connectivity index (χ2v) is 5.62. The van der Waals surface area contributed by atoms with Crippen molar-refractivity contribution >= 4 is 5.69 Å². The Balaban J connectivity index is 1.56. The summed E-state index contributed by atoms with van der Waals surface area (Å²) in [6.07, 6.45) is 3.54. The van der Waals surface area contributed by atoms with Crippen LogP contribution in [-0.4, -0.2) is 44.9 Å². The molecule has 1 aromatic carbocycles. The molecule has 2 rings (SSSR count). The number of nitrogens with zero attached hydrogens (tertiary/aromatic N) is 1. The monoisotopic (exact) mass is 278 g/mol. The average Bonchev–Trinajstić information content (AvgIpc) is 2.46. The molecule has 1 aliphatic heterocycles. The first-order valence-corrected chi connectivity index (χ1v) is 7.48. The van der Waals surface area contributed by atoms with E-state index in [1.165, 1.54) is 12.8 Å². The standard InChI is InChI=1S/C16H26N2O2/c1-18(12-14-4-2-10-19-13-14)9-3-11-20-16-7-5-15(17)6-8-16/h5-8,14H,2-4,9-13,17H2,1H3. The Morgan fingerprint density at radius 2 is 2.15 bits per heavy atom. The van der Waals surface area contributed by atoms with Crippen LogP contribution in [0.5, 0.6) is 5.75 Å². The van der Waals surface area contributed by atoms with Crippen LogP contribution in [0, 0.1) is 5.92 Å². The van der Waals surface area contributed by atoms with E-state index in [9.17, 15) is 0 Å². The van der Waals surface area contributed by atoms with Gasteiger partial charge in [-0.15, -0.1) is 0 Å². The third kappa shape index (κ3) is 5.39. The summed E-state index contributed by atoms with van der Waals surface area (Å²) in [6, 6.07) is 7.56. The van der Waals surface area contributed by atoms with Crippen LogP contribution in [0.25, 0.3) is 0 Å². The van der Waals surface area contributed by atoms with Crippen molar-refractivity contribution in [2.24, 2.45) is 5.92 Å². The van der Waals surface area contributed by atoms with Gasteiger partial charge >= 0.3 is 0 Å². The molecule has 0 bridgehead atoms. The van der Waals surface area contributed by atoms with Gasteiger partial charge in [-0.05, 0) is 56.5 Å². The van der Waals surface area contributed by atoms with Gasteiger partial charge in [-0.1, -0.05) is 0 Å². The third-order valence-corrected chi connectivity index (χ3v) is 3.66. The van der Waals surface area contributed by atoms with Gasteiger partial charge in [-0.2, -0.15) is 0 Å². The van der Waals surface area contributed by atoms with Crippen molar-refractivity contribution in [3.63, 3.8) is 0 Å². The lowest BCUT2D eigenvalue weighted by molar-refractivity contribution is 0.0415. The summed E-state index contributed by atoms with van der Waals surface area (Å²) in [5, 5.41) is 0. The number of rotatable bonds is 7. The van der Waals surface area contributed by atoms with Gasteiger partial charge in [0.2, 0.25) is 0 Å². The van der Waals surface area contributed by atoms with Crippen LogP contribution < -0.4 is 10.5 Å². The minimum Gasteiger partial charge on any atom is -0.494 e. The maximum atomic E-state index is 5.69. The van der Waals surface area contributed by atoms with Gasteiger partial charge < -0.3 is 20.1 Å². The second-order valence-electron chi connectivity index (χ2n) is 5.62. The molecule has 1 fully saturated rings. The first-order valence-electron chi connectivity index (χ1n) is 7.48. The Morgan fingerprint density at radius 3 is 2.85 bits per heavy atom. The van der Waals surface area contributed by atoms with Crippen LogP contribution in [0.4, 0.5) is 5.69 Å². The average molecular weight is 278 g/mol. The van der Waals surface area contributed by atoms with Gasteiger partial charge in [-0.25, -0.2) is 0 Å². The Bertz CT molecular complexity index is 375. The fraction of sp³-hybridized carbons (Fsp3) is 0.625. The van der Waals surface area contributed by atoms with E-state index >= 15 is 0 Å². The third-order valence-electron chi connectivity index (χ3n) is 3.66. The maximum absolute atomic E-state index is 5.69. The van der Waals surface area contributed by atoms with Crippen LogP contribution in [0.2, 0.25) is 0 Å². The van der Waals surface area contributed by atoms with E-state index in [-0.39, 0.29) is 0 Å². The highest BCUT2D eigenvalue weighted by molar-refractivity contribution is 5.41. The van der Waals surface area contributed by atoms with E-state index in [0.717, 1.165) is 50.8 Å². The zero-order valence-corrected chi connectivity index (χ0v) is 12.4. The van der Waals surface area contributed by atoms with Crippen LogP contribution in [0.3, 0.4) is 0 Å². The van der Waals surface area contributed by atoms with Gasteiger partial charge in [0.15, 0.2) is 0 Å². The largest absolute Gasteiger partial charge is 0.494 e. The number of nitrogen functional groups attached to an aromatic ring is 1.